The average Bonchev–Trinajstić information content (AvgIpc) is 2.31. The summed E-state index contributed by atoms with van der Waals surface area (Å²) >= 11 is 0. The van der Waals surface area contributed by atoms with Gasteiger partial charge in [0.2, 0.25) is 5.91 Å². The maximum atomic E-state index is 12.7. The number of anilines is 1. The minimum atomic E-state index is -0.294. The number of hydrogen-bond acceptors (Lipinski definition) is 1. The summed E-state index contributed by atoms with van der Waals surface area (Å²) in [5.74, 6) is -0.580. The highest BCUT2D eigenvalue weighted by Crippen LogP contribution is 2.31. The zero-order valence-electron chi connectivity index (χ0n) is 6.60. The summed E-state index contributed by atoms with van der Waals surface area (Å²) in [6.07, 6.45) is 0. The molecule has 0 aliphatic carbocycles. The highest BCUT2D eigenvalue weighted by molar-refractivity contribution is 6.02. The molecule has 1 aliphatic heterocycles. The molecule has 1 amide bonds. The predicted molar refractivity (Wildman–Crippen MR) is 43.4 cm³/mol. The Kier molecular flexibility index (Phi) is 1.40. The van der Waals surface area contributed by atoms with Crippen LogP contribution in [-0.4, -0.2) is 5.91 Å². The molecule has 0 spiro atoms. The second-order valence-electron chi connectivity index (χ2n) is 2.94. The lowest BCUT2D eigenvalue weighted by molar-refractivity contribution is -0.116. The van der Waals surface area contributed by atoms with Crippen LogP contribution >= 0.6 is 0 Å². The zero-order chi connectivity index (χ0) is 8.72. The maximum Gasteiger partial charge on any atom is 0.231 e. The minimum Gasteiger partial charge on any atom is -0.325 e. The fourth-order valence-electron chi connectivity index (χ4n) is 1.39. The van der Waals surface area contributed by atoms with Gasteiger partial charge in [0.05, 0.1) is 5.92 Å². The molecule has 1 atom stereocenters. The van der Waals surface area contributed by atoms with E-state index in [1.807, 2.05) is 0 Å². The van der Waals surface area contributed by atoms with E-state index in [0.29, 0.717) is 0 Å². The molecule has 0 unspecified atom stereocenters. The number of fused-ring (bicyclic) bond motifs is 1. The summed E-state index contributed by atoms with van der Waals surface area (Å²) in [4.78, 5) is 11.1. The summed E-state index contributed by atoms with van der Waals surface area (Å²) in [5, 5.41) is 2.67. The molecule has 1 heterocycles. The molecule has 1 aromatic carbocycles. The first kappa shape index (κ1) is 7.28. The van der Waals surface area contributed by atoms with E-state index < -0.39 is 0 Å². The molecule has 0 saturated heterocycles. The van der Waals surface area contributed by atoms with Crippen molar-refractivity contribution in [2.24, 2.45) is 0 Å². The molecule has 0 radical (unpaired) electrons. The second-order valence-corrected chi connectivity index (χ2v) is 2.94. The highest BCUT2D eigenvalue weighted by atomic mass is 19.1. The molecule has 3 heteroatoms. The topological polar surface area (TPSA) is 29.1 Å². The maximum absolute atomic E-state index is 12.7. The van der Waals surface area contributed by atoms with E-state index >= 15 is 0 Å². The molecule has 2 rings (SSSR count). The number of benzene rings is 1. The van der Waals surface area contributed by atoms with Crippen molar-refractivity contribution in [1.82, 2.24) is 0 Å². The lowest BCUT2D eigenvalue weighted by Crippen LogP contribution is -2.08. The van der Waals surface area contributed by atoms with Crippen LogP contribution in [0.1, 0.15) is 18.4 Å². The van der Waals surface area contributed by atoms with Gasteiger partial charge < -0.3 is 5.32 Å². The fourth-order valence-corrected chi connectivity index (χ4v) is 1.39. The monoisotopic (exact) mass is 165 g/mol. The Morgan fingerprint density at radius 1 is 1.50 bits per heavy atom. The first-order valence-corrected chi connectivity index (χ1v) is 3.79. The van der Waals surface area contributed by atoms with Crippen LogP contribution in [0.2, 0.25) is 0 Å². The van der Waals surface area contributed by atoms with Gasteiger partial charge in [0.15, 0.2) is 0 Å². The average molecular weight is 165 g/mol. The molecule has 2 nitrogen and oxygen atoms in total. The van der Waals surface area contributed by atoms with Crippen molar-refractivity contribution < 1.29 is 9.18 Å². The Morgan fingerprint density at radius 2 is 2.25 bits per heavy atom. The standard InChI is InChI=1S/C9H8FNO/c1-5-7-4-6(10)2-3-8(7)11-9(5)12/h2-5H,1H3,(H,11,12)/t5-/m0/s1. The third-order valence-corrected chi connectivity index (χ3v) is 2.13. The number of halogens is 1. The van der Waals surface area contributed by atoms with Crippen molar-refractivity contribution >= 4 is 11.6 Å². The van der Waals surface area contributed by atoms with Gasteiger partial charge in [0, 0.05) is 5.69 Å². The molecule has 1 aliphatic rings. The van der Waals surface area contributed by atoms with Crippen molar-refractivity contribution in [2.45, 2.75) is 12.8 Å². The van der Waals surface area contributed by atoms with Crippen LogP contribution in [0.4, 0.5) is 10.1 Å². The molecule has 1 aromatic rings. The normalized spacial score (nSPS) is 20.5. The van der Waals surface area contributed by atoms with Crippen LogP contribution < -0.4 is 5.32 Å². The molecule has 0 saturated carbocycles. The number of hydrogen-bond donors (Lipinski definition) is 1. The van der Waals surface area contributed by atoms with Crippen molar-refractivity contribution in [2.75, 3.05) is 5.32 Å². The number of nitrogens with one attached hydrogen (secondary N) is 1. The Hall–Kier alpha value is -1.38. The number of carbonyl (C=O) groups excluding carboxylic acids is 1. The Morgan fingerprint density at radius 3 is 3.00 bits per heavy atom. The minimum absolute atomic E-state index is 0.0596. The fraction of sp³-hybridized carbons (Fsp3) is 0.222. The summed E-state index contributed by atoms with van der Waals surface area (Å²) in [6, 6.07) is 4.33. The van der Waals surface area contributed by atoms with Gasteiger partial charge in [-0.2, -0.15) is 0 Å². The van der Waals surface area contributed by atoms with Crippen molar-refractivity contribution in [3.63, 3.8) is 0 Å². The molecular formula is C9H8FNO. The summed E-state index contributed by atoms with van der Waals surface area (Å²) < 4.78 is 12.7. The third-order valence-electron chi connectivity index (χ3n) is 2.13. The smallest absolute Gasteiger partial charge is 0.231 e. The summed E-state index contributed by atoms with van der Waals surface area (Å²) in [6.45, 7) is 1.76. The zero-order valence-corrected chi connectivity index (χ0v) is 6.60. The molecule has 0 bridgehead atoms. The molecule has 1 N–H and O–H groups in total. The van der Waals surface area contributed by atoms with Crippen LogP contribution in [0.3, 0.4) is 0 Å². The van der Waals surface area contributed by atoms with Crippen molar-refractivity contribution in [3.05, 3.63) is 29.6 Å². The lowest BCUT2D eigenvalue weighted by Gasteiger charge is -1.99. The Bertz CT molecular complexity index is 348. The molecular weight excluding hydrogens is 157 g/mol. The van der Waals surface area contributed by atoms with Gasteiger partial charge in [-0.3, -0.25) is 4.79 Å². The van der Waals surface area contributed by atoms with Gasteiger partial charge in [-0.1, -0.05) is 0 Å². The van der Waals surface area contributed by atoms with E-state index in [-0.39, 0.29) is 17.6 Å². The molecule has 0 fully saturated rings. The van der Waals surface area contributed by atoms with E-state index in [1.165, 1.54) is 12.1 Å². The number of carbonyl (C=O) groups is 1. The van der Waals surface area contributed by atoms with Crippen LogP contribution in [0.25, 0.3) is 0 Å². The van der Waals surface area contributed by atoms with Gasteiger partial charge in [0.1, 0.15) is 5.82 Å². The van der Waals surface area contributed by atoms with Gasteiger partial charge in [-0.25, -0.2) is 4.39 Å². The first-order valence-electron chi connectivity index (χ1n) is 3.79. The van der Waals surface area contributed by atoms with Crippen LogP contribution in [0, 0.1) is 5.82 Å². The van der Waals surface area contributed by atoms with E-state index in [0.717, 1.165) is 11.3 Å². The van der Waals surface area contributed by atoms with E-state index in [2.05, 4.69) is 5.32 Å². The molecule has 12 heavy (non-hydrogen) atoms. The number of amides is 1. The van der Waals surface area contributed by atoms with Crippen LogP contribution in [-0.2, 0) is 4.79 Å². The molecule has 0 aromatic heterocycles. The van der Waals surface area contributed by atoms with Gasteiger partial charge in [0.25, 0.3) is 0 Å². The van der Waals surface area contributed by atoms with Crippen molar-refractivity contribution in [1.29, 1.82) is 0 Å². The third kappa shape index (κ3) is 0.897. The molecule has 62 valence electrons. The summed E-state index contributed by atoms with van der Waals surface area (Å²) in [7, 11) is 0. The predicted octanol–water partition coefficient (Wildman–Crippen LogP) is 1.88. The first-order chi connectivity index (χ1) is 5.68. The van der Waals surface area contributed by atoms with Gasteiger partial charge in [-0.15, -0.1) is 0 Å². The summed E-state index contributed by atoms with van der Waals surface area (Å²) in [5.41, 5.74) is 1.48. The van der Waals surface area contributed by atoms with Crippen LogP contribution in [0.5, 0.6) is 0 Å². The lowest BCUT2D eigenvalue weighted by atomic mass is 10.0. The van der Waals surface area contributed by atoms with E-state index in [4.69, 9.17) is 0 Å². The van der Waals surface area contributed by atoms with Gasteiger partial charge in [-0.05, 0) is 30.7 Å². The van der Waals surface area contributed by atoms with E-state index in [1.54, 1.807) is 13.0 Å². The quantitative estimate of drug-likeness (QED) is 0.624. The highest BCUT2D eigenvalue weighted by Gasteiger charge is 2.26. The van der Waals surface area contributed by atoms with Crippen molar-refractivity contribution in [3.8, 4) is 0 Å². The second kappa shape index (κ2) is 2.30. The van der Waals surface area contributed by atoms with E-state index in [9.17, 15) is 9.18 Å². The largest absolute Gasteiger partial charge is 0.325 e. The van der Waals surface area contributed by atoms with Crippen LogP contribution in [0.15, 0.2) is 18.2 Å². The Balaban J connectivity index is 2.55. The SMILES string of the molecule is C[C@@H]1C(=O)Nc2ccc(F)cc21. The van der Waals surface area contributed by atoms with Gasteiger partial charge >= 0.3 is 0 Å². The Labute approximate surface area is 69.4 Å². The number of rotatable bonds is 0.